The lowest BCUT2D eigenvalue weighted by Crippen LogP contribution is -2.47. The molecule has 3 N–H and O–H groups in total. The second kappa shape index (κ2) is 10.1. The van der Waals surface area contributed by atoms with Crippen molar-refractivity contribution in [1.82, 2.24) is 0 Å². The largest absolute Gasteiger partial charge is 0.477 e. The molecule has 1 unspecified atom stereocenters. The third kappa shape index (κ3) is 5.10. The van der Waals surface area contributed by atoms with Gasteiger partial charge in [0, 0.05) is 16.8 Å². The fraction of sp³-hybridized carbons (Fsp3) is 0.680. The van der Waals surface area contributed by atoms with E-state index in [0.717, 1.165) is 55.4 Å². The maximum atomic E-state index is 13.8. The Morgan fingerprint density at radius 3 is 2.31 bits per heavy atom. The number of amides is 1. The van der Waals surface area contributed by atoms with E-state index in [2.05, 4.69) is 6.92 Å². The Morgan fingerprint density at radius 2 is 1.69 bits per heavy atom. The highest BCUT2D eigenvalue weighted by Gasteiger charge is 2.37. The number of allylic oxidation sites excluding steroid dienone is 1. The monoisotopic (exact) mass is 461 g/mol. The lowest BCUT2D eigenvalue weighted by Gasteiger charge is -2.38. The first kappa shape index (κ1) is 23.5. The van der Waals surface area contributed by atoms with Crippen molar-refractivity contribution in [3.63, 3.8) is 0 Å². The molecule has 2 fully saturated rings. The highest BCUT2D eigenvalue weighted by atomic mass is 32.1. The van der Waals surface area contributed by atoms with Crippen LogP contribution in [0.5, 0.6) is 0 Å². The van der Waals surface area contributed by atoms with Crippen LogP contribution in [0.1, 0.15) is 92.1 Å². The average molecular weight is 462 g/mol. The zero-order valence-corrected chi connectivity index (χ0v) is 19.6. The van der Waals surface area contributed by atoms with E-state index in [-0.39, 0.29) is 28.8 Å². The van der Waals surface area contributed by atoms with Gasteiger partial charge < -0.3 is 20.2 Å². The lowest BCUT2D eigenvalue weighted by atomic mass is 9.81. The SMILES string of the molecule is CC1CCC(C(=O)N(c2cc(C3=CC(O)CCC3)sc2C(=O)O)C2CCC(O)CC2)CC1. The quantitative estimate of drug-likeness (QED) is 0.583. The molecule has 4 rings (SSSR count). The smallest absolute Gasteiger partial charge is 0.348 e. The molecule has 1 heterocycles. The van der Waals surface area contributed by atoms with Gasteiger partial charge in [-0.2, -0.15) is 0 Å². The summed E-state index contributed by atoms with van der Waals surface area (Å²) in [6.07, 6.45) is 9.77. The van der Waals surface area contributed by atoms with Crippen molar-refractivity contribution in [3.05, 3.63) is 21.9 Å². The van der Waals surface area contributed by atoms with Gasteiger partial charge in [-0.1, -0.05) is 13.0 Å². The van der Waals surface area contributed by atoms with Gasteiger partial charge in [0.2, 0.25) is 5.91 Å². The highest BCUT2D eigenvalue weighted by molar-refractivity contribution is 7.15. The number of carboxylic acid groups (broad SMARTS) is 1. The Hall–Kier alpha value is -1.70. The van der Waals surface area contributed by atoms with E-state index in [0.29, 0.717) is 37.3 Å². The third-order valence-electron chi connectivity index (χ3n) is 7.46. The molecule has 1 atom stereocenters. The zero-order valence-electron chi connectivity index (χ0n) is 18.8. The van der Waals surface area contributed by atoms with Crippen molar-refractivity contribution in [2.45, 2.75) is 95.8 Å². The van der Waals surface area contributed by atoms with Crippen molar-refractivity contribution in [1.29, 1.82) is 0 Å². The molecule has 3 aliphatic carbocycles. The molecular formula is C25H35NO5S. The van der Waals surface area contributed by atoms with Gasteiger partial charge in [-0.3, -0.25) is 4.79 Å². The third-order valence-corrected chi connectivity index (χ3v) is 8.64. The molecule has 1 amide bonds. The zero-order chi connectivity index (χ0) is 22.8. The van der Waals surface area contributed by atoms with Crippen molar-refractivity contribution < 1.29 is 24.9 Å². The minimum Gasteiger partial charge on any atom is -0.477 e. The van der Waals surface area contributed by atoms with Crippen molar-refractivity contribution in [3.8, 4) is 0 Å². The van der Waals surface area contributed by atoms with Gasteiger partial charge in [-0.25, -0.2) is 4.79 Å². The summed E-state index contributed by atoms with van der Waals surface area (Å²) in [7, 11) is 0. The van der Waals surface area contributed by atoms with Crippen LogP contribution in [0.25, 0.3) is 5.57 Å². The highest BCUT2D eigenvalue weighted by Crippen LogP contribution is 2.42. The number of aromatic carboxylic acids is 1. The molecule has 0 bridgehead atoms. The number of aliphatic hydroxyl groups excluding tert-OH is 2. The van der Waals surface area contributed by atoms with Crippen molar-refractivity contribution in [2.24, 2.45) is 11.8 Å². The first-order valence-corrected chi connectivity index (χ1v) is 12.9. The van der Waals surface area contributed by atoms with Crippen LogP contribution >= 0.6 is 11.3 Å². The predicted molar refractivity (Wildman–Crippen MR) is 126 cm³/mol. The molecular weight excluding hydrogens is 426 g/mol. The topological polar surface area (TPSA) is 98.1 Å². The molecule has 1 aromatic heterocycles. The Labute approximate surface area is 193 Å². The van der Waals surface area contributed by atoms with Crippen LogP contribution in [-0.4, -0.2) is 45.4 Å². The van der Waals surface area contributed by atoms with E-state index in [1.54, 1.807) is 4.90 Å². The number of aliphatic hydroxyl groups is 2. The lowest BCUT2D eigenvalue weighted by molar-refractivity contribution is -0.124. The Kier molecular flexibility index (Phi) is 7.37. The number of carboxylic acids is 1. The fourth-order valence-electron chi connectivity index (χ4n) is 5.49. The van der Waals surface area contributed by atoms with Gasteiger partial charge in [0.25, 0.3) is 0 Å². The van der Waals surface area contributed by atoms with E-state index >= 15 is 0 Å². The van der Waals surface area contributed by atoms with E-state index in [9.17, 15) is 24.9 Å². The maximum Gasteiger partial charge on any atom is 0.348 e. The van der Waals surface area contributed by atoms with Crippen LogP contribution in [0.4, 0.5) is 5.69 Å². The maximum absolute atomic E-state index is 13.8. The molecule has 1 aromatic rings. The summed E-state index contributed by atoms with van der Waals surface area (Å²) in [5, 5.41) is 30.1. The minimum absolute atomic E-state index is 0.0443. The van der Waals surface area contributed by atoms with Crippen LogP contribution in [0.2, 0.25) is 0 Å². The number of nitrogens with zero attached hydrogens (tertiary/aromatic N) is 1. The number of hydrogen-bond acceptors (Lipinski definition) is 5. The van der Waals surface area contributed by atoms with Gasteiger partial charge in [0.05, 0.1) is 17.9 Å². The van der Waals surface area contributed by atoms with E-state index in [4.69, 9.17) is 0 Å². The molecule has 0 aromatic carbocycles. The van der Waals surface area contributed by atoms with Crippen molar-refractivity contribution >= 4 is 34.5 Å². The van der Waals surface area contributed by atoms with Gasteiger partial charge >= 0.3 is 5.97 Å². The number of rotatable bonds is 5. The van der Waals surface area contributed by atoms with Gasteiger partial charge in [0.15, 0.2) is 0 Å². The average Bonchev–Trinajstić information content (AvgIpc) is 3.21. The number of carbonyl (C=O) groups excluding carboxylic acids is 1. The predicted octanol–water partition coefficient (Wildman–Crippen LogP) is 4.84. The summed E-state index contributed by atoms with van der Waals surface area (Å²) < 4.78 is 0. The van der Waals surface area contributed by atoms with Crippen molar-refractivity contribution in [2.75, 3.05) is 4.90 Å². The van der Waals surface area contributed by atoms with Gasteiger partial charge in [-0.15, -0.1) is 11.3 Å². The second-order valence-electron chi connectivity index (χ2n) is 9.91. The minimum atomic E-state index is -1.01. The molecule has 0 spiro atoms. The molecule has 3 aliphatic rings. The fourth-order valence-corrected chi connectivity index (χ4v) is 6.53. The first-order chi connectivity index (χ1) is 15.3. The molecule has 6 nitrogen and oxygen atoms in total. The van der Waals surface area contributed by atoms with Crippen LogP contribution in [0.3, 0.4) is 0 Å². The Morgan fingerprint density at radius 1 is 1.00 bits per heavy atom. The molecule has 2 saturated carbocycles. The van der Waals surface area contributed by atoms with Crippen LogP contribution in [0, 0.1) is 11.8 Å². The van der Waals surface area contributed by atoms with Gasteiger partial charge in [0.1, 0.15) is 4.88 Å². The van der Waals surface area contributed by atoms with Crippen LogP contribution < -0.4 is 4.90 Å². The number of anilines is 1. The van der Waals surface area contributed by atoms with E-state index in [1.165, 1.54) is 11.3 Å². The molecule has 0 aliphatic heterocycles. The summed E-state index contributed by atoms with van der Waals surface area (Å²) in [5.74, 6) is -0.412. The van der Waals surface area contributed by atoms with Crippen LogP contribution in [0.15, 0.2) is 12.1 Å². The summed E-state index contributed by atoms with van der Waals surface area (Å²) >= 11 is 1.21. The van der Waals surface area contributed by atoms with E-state index < -0.39 is 12.1 Å². The summed E-state index contributed by atoms with van der Waals surface area (Å²) in [5.41, 5.74) is 1.48. The second-order valence-corrected chi connectivity index (χ2v) is 11.0. The normalized spacial score (nSPS) is 31.1. The van der Waals surface area contributed by atoms with E-state index in [1.807, 2.05) is 12.1 Å². The first-order valence-electron chi connectivity index (χ1n) is 12.1. The molecule has 176 valence electrons. The van der Waals surface area contributed by atoms with Crippen LogP contribution in [-0.2, 0) is 4.79 Å². The Bertz CT molecular complexity index is 862. The molecule has 0 saturated heterocycles. The summed E-state index contributed by atoms with van der Waals surface area (Å²) in [4.78, 5) is 28.9. The summed E-state index contributed by atoms with van der Waals surface area (Å²) in [6.45, 7) is 2.22. The summed E-state index contributed by atoms with van der Waals surface area (Å²) in [6, 6.07) is 1.78. The molecule has 32 heavy (non-hydrogen) atoms. The molecule has 0 radical (unpaired) electrons. The standard InChI is InChI=1S/C25H35NO5S/c1-15-5-7-16(8-6-15)24(29)26(18-9-11-19(27)12-10-18)21-14-22(32-23(21)25(30)31)17-3-2-4-20(28)13-17/h13-16,18-20,27-28H,2-12H2,1H3,(H,30,31). The number of carbonyl (C=O) groups is 2. The number of hydrogen-bond donors (Lipinski definition) is 3. The number of thiophene rings is 1. The Balaban J connectivity index is 1.71. The molecule has 7 heteroatoms. The van der Waals surface area contributed by atoms with Gasteiger partial charge in [-0.05, 0) is 88.2 Å².